The molecular weight excluding hydrogens is 488 g/mol. The highest BCUT2D eigenvalue weighted by Gasteiger charge is 2.35. The second kappa shape index (κ2) is 11.6. The number of carbonyl (C=O) groups is 4. The number of ether oxygens (including phenoxy) is 1. The molecule has 3 aromatic rings. The highest BCUT2D eigenvalue weighted by Crippen LogP contribution is 2.26. The number of alkyl carbamates (subject to hydrolysis) is 1. The molecule has 0 fully saturated rings. The van der Waals surface area contributed by atoms with E-state index in [1.54, 1.807) is 26.8 Å². The van der Waals surface area contributed by atoms with Crippen LogP contribution in [0.25, 0.3) is 10.8 Å². The first-order chi connectivity index (χ1) is 17.8. The summed E-state index contributed by atoms with van der Waals surface area (Å²) in [5, 5.41) is 16.9. The number of nitrogens with zero attached hydrogens (tertiary/aromatic N) is 1. The second-order valence-electron chi connectivity index (χ2n) is 9.86. The predicted molar refractivity (Wildman–Crippen MR) is 143 cm³/mol. The van der Waals surface area contributed by atoms with Crippen LogP contribution in [0, 0.1) is 0 Å². The molecular formula is C28H32N4O6. The van der Waals surface area contributed by atoms with Crippen LogP contribution in [-0.4, -0.2) is 52.5 Å². The van der Waals surface area contributed by atoms with Crippen molar-refractivity contribution in [3.63, 3.8) is 0 Å². The Bertz CT molecular complexity index is 1330. The summed E-state index contributed by atoms with van der Waals surface area (Å²) in [5.74, 6) is -2.12. The van der Waals surface area contributed by atoms with Gasteiger partial charge in [0, 0.05) is 12.7 Å². The lowest BCUT2D eigenvalue weighted by Crippen LogP contribution is -2.52. The van der Waals surface area contributed by atoms with Crippen LogP contribution in [0.1, 0.15) is 38.8 Å². The Morgan fingerprint density at radius 3 is 2.21 bits per heavy atom. The maximum absolute atomic E-state index is 13.6. The number of nitrogens with two attached hydrogens (primary N) is 1. The molecule has 0 aliphatic heterocycles. The summed E-state index contributed by atoms with van der Waals surface area (Å²) in [5.41, 5.74) is 5.40. The van der Waals surface area contributed by atoms with Crippen molar-refractivity contribution in [3.8, 4) is 5.75 Å². The number of likely N-dealkylation sites (N-methyl/N-ethyl adjacent to an activating group) is 1. The first-order valence-electron chi connectivity index (χ1n) is 12.0. The van der Waals surface area contributed by atoms with Crippen LogP contribution in [0.2, 0.25) is 0 Å². The van der Waals surface area contributed by atoms with Crippen molar-refractivity contribution in [2.75, 3.05) is 12.4 Å². The largest absolute Gasteiger partial charge is 0.508 e. The minimum absolute atomic E-state index is 0.0189. The Morgan fingerprint density at radius 2 is 1.61 bits per heavy atom. The van der Waals surface area contributed by atoms with E-state index in [0.717, 1.165) is 15.7 Å². The van der Waals surface area contributed by atoms with E-state index in [4.69, 9.17) is 10.5 Å². The minimum atomic E-state index is -1.37. The van der Waals surface area contributed by atoms with Gasteiger partial charge in [-0.3, -0.25) is 14.4 Å². The van der Waals surface area contributed by atoms with Crippen LogP contribution in [0.4, 0.5) is 10.5 Å². The molecule has 10 nitrogen and oxygen atoms in total. The number of primary amides is 1. The third kappa shape index (κ3) is 7.45. The number of phenolic OH excluding ortho intramolecular Hbond substituents is 1. The SMILES string of the molecule is CN(C(=O)C(CC(N)=O)NC(=O)OC(C)(C)C)C(C(=O)Nc1ccc2ccccc2c1)c1ccc(O)cc1. The third-order valence-electron chi connectivity index (χ3n) is 5.60. The van der Waals surface area contributed by atoms with Crippen molar-refractivity contribution < 1.29 is 29.0 Å². The Morgan fingerprint density at radius 1 is 0.974 bits per heavy atom. The number of rotatable bonds is 8. The van der Waals surface area contributed by atoms with Gasteiger partial charge in [-0.15, -0.1) is 0 Å². The Balaban J connectivity index is 1.91. The van der Waals surface area contributed by atoms with Gasteiger partial charge in [-0.25, -0.2) is 4.79 Å². The zero-order valence-corrected chi connectivity index (χ0v) is 21.7. The van der Waals surface area contributed by atoms with E-state index in [1.807, 2.05) is 36.4 Å². The number of nitrogens with one attached hydrogen (secondary N) is 2. The maximum Gasteiger partial charge on any atom is 0.408 e. The van der Waals surface area contributed by atoms with Crippen LogP contribution in [0.3, 0.4) is 0 Å². The van der Waals surface area contributed by atoms with Gasteiger partial charge < -0.3 is 31.1 Å². The molecule has 0 saturated carbocycles. The van der Waals surface area contributed by atoms with Crippen LogP contribution >= 0.6 is 0 Å². The summed E-state index contributed by atoms with van der Waals surface area (Å²) >= 11 is 0. The number of phenols is 1. The van der Waals surface area contributed by atoms with Crippen LogP contribution < -0.4 is 16.4 Å². The molecule has 0 bridgehead atoms. The van der Waals surface area contributed by atoms with Gasteiger partial charge in [0.15, 0.2) is 0 Å². The number of fused-ring (bicyclic) bond motifs is 1. The first-order valence-corrected chi connectivity index (χ1v) is 12.0. The lowest BCUT2D eigenvalue weighted by atomic mass is 10.0. The molecule has 0 aromatic heterocycles. The quantitative estimate of drug-likeness (QED) is 0.357. The smallest absolute Gasteiger partial charge is 0.408 e. The van der Waals surface area contributed by atoms with E-state index < -0.39 is 47.9 Å². The average Bonchev–Trinajstić information content (AvgIpc) is 2.83. The van der Waals surface area contributed by atoms with Gasteiger partial charge in [0.25, 0.3) is 5.91 Å². The van der Waals surface area contributed by atoms with E-state index >= 15 is 0 Å². The molecule has 5 N–H and O–H groups in total. The van der Waals surface area contributed by atoms with Gasteiger partial charge in [0.1, 0.15) is 23.4 Å². The number of anilines is 1. The maximum atomic E-state index is 13.6. The molecule has 4 amide bonds. The van der Waals surface area contributed by atoms with Gasteiger partial charge in [-0.05, 0) is 61.4 Å². The van der Waals surface area contributed by atoms with E-state index in [1.165, 1.54) is 31.3 Å². The molecule has 10 heteroatoms. The summed E-state index contributed by atoms with van der Waals surface area (Å²) in [6.45, 7) is 4.96. The van der Waals surface area contributed by atoms with Gasteiger partial charge >= 0.3 is 6.09 Å². The summed E-state index contributed by atoms with van der Waals surface area (Å²) in [7, 11) is 1.38. The summed E-state index contributed by atoms with van der Waals surface area (Å²) in [4.78, 5) is 52.3. The molecule has 200 valence electrons. The Hall–Kier alpha value is -4.60. The molecule has 0 saturated heterocycles. The Labute approximate surface area is 220 Å². The number of hydrogen-bond donors (Lipinski definition) is 4. The van der Waals surface area contributed by atoms with Gasteiger partial charge in [-0.2, -0.15) is 0 Å². The van der Waals surface area contributed by atoms with Gasteiger partial charge in [-0.1, -0.05) is 42.5 Å². The molecule has 2 atom stereocenters. The standard InChI is InChI=1S/C28H32N4O6/c1-28(2,3)38-27(37)31-22(16-23(29)34)26(36)32(4)24(18-10-13-21(33)14-11-18)25(35)30-20-12-9-17-7-5-6-8-19(17)15-20/h5-15,22,24,33H,16H2,1-4H3,(H2,29,34)(H,30,35)(H,31,37). The fraction of sp³-hybridized carbons (Fsp3) is 0.286. The molecule has 0 spiro atoms. The lowest BCUT2D eigenvalue weighted by molar-refractivity contribution is -0.140. The van der Waals surface area contributed by atoms with Crippen molar-refractivity contribution >= 4 is 40.3 Å². The second-order valence-corrected chi connectivity index (χ2v) is 9.86. The van der Waals surface area contributed by atoms with Crippen LogP contribution in [-0.2, 0) is 19.1 Å². The molecule has 38 heavy (non-hydrogen) atoms. The van der Waals surface area contributed by atoms with Gasteiger partial charge in [0.05, 0.1) is 6.42 Å². The zero-order valence-electron chi connectivity index (χ0n) is 21.7. The van der Waals surface area contributed by atoms with Crippen molar-refractivity contribution in [1.82, 2.24) is 10.2 Å². The van der Waals surface area contributed by atoms with Crippen LogP contribution in [0.15, 0.2) is 66.7 Å². The highest BCUT2D eigenvalue weighted by atomic mass is 16.6. The lowest BCUT2D eigenvalue weighted by Gasteiger charge is -2.31. The molecule has 0 heterocycles. The van der Waals surface area contributed by atoms with Crippen molar-refractivity contribution in [2.45, 2.75) is 44.9 Å². The van der Waals surface area contributed by atoms with Crippen molar-refractivity contribution in [1.29, 1.82) is 0 Å². The summed E-state index contributed by atoms with van der Waals surface area (Å²) < 4.78 is 5.22. The fourth-order valence-corrected chi connectivity index (χ4v) is 3.91. The number of carbonyl (C=O) groups excluding carboxylic acids is 4. The average molecular weight is 521 g/mol. The topological polar surface area (TPSA) is 151 Å². The minimum Gasteiger partial charge on any atom is -0.508 e. The van der Waals surface area contributed by atoms with E-state index in [9.17, 15) is 24.3 Å². The summed E-state index contributed by atoms with van der Waals surface area (Å²) in [6.07, 6.45) is -1.41. The zero-order chi connectivity index (χ0) is 28.0. The molecule has 0 aliphatic carbocycles. The fourth-order valence-electron chi connectivity index (χ4n) is 3.91. The third-order valence-corrected chi connectivity index (χ3v) is 5.60. The molecule has 2 unspecified atom stereocenters. The van der Waals surface area contributed by atoms with E-state index in [0.29, 0.717) is 11.3 Å². The molecule has 0 aliphatic rings. The molecule has 3 aromatic carbocycles. The van der Waals surface area contributed by atoms with E-state index in [-0.39, 0.29) is 5.75 Å². The monoisotopic (exact) mass is 520 g/mol. The number of benzene rings is 3. The summed E-state index contributed by atoms with van der Waals surface area (Å²) in [6, 6.07) is 16.3. The van der Waals surface area contributed by atoms with Gasteiger partial charge in [0.2, 0.25) is 11.8 Å². The first kappa shape index (κ1) is 28.0. The number of hydrogen-bond acceptors (Lipinski definition) is 6. The highest BCUT2D eigenvalue weighted by molar-refractivity contribution is 6.01. The number of aromatic hydroxyl groups is 1. The predicted octanol–water partition coefficient (Wildman–Crippen LogP) is 3.45. The Kier molecular flexibility index (Phi) is 8.57. The van der Waals surface area contributed by atoms with Crippen molar-refractivity contribution in [3.05, 3.63) is 72.3 Å². The number of amides is 4. The molecule has 0 radical (unpaired) electrons. The molecule has 3 rings (SSSR count). The van der Waals surface area contributed by atoms with Crippen LogP contribution in [0.5, 0.6) is 5.75 Å². The normalized spacial score (nSPS) is 12.7. The van der Waals surface area contributed by atoms with E-state index in [2.05, 4.69) is 10.6 Å². The van der Waals surface area contributed by atoms with Crippen molar-refractivity contribution in [2.24, 2.45) is 5.73 Å².